The Hall–Kier alpha value is -0.310. The van der Waals surface area contributed by atoms with Crippen LogP contribution in [-0.2, 0) is 11.3 Å². The first-order chi connectivity index (χ1) is 8.69. The number of halogens is 2. The molecular formula is C14H19Cl2NO. The van der Waals surface area contributed by atoms with Crippen molar-refractivity contribution in [2.75, 3.05) is 0 Å². The standard InChI is InChI=1S/C14H19Cl2NO/c1-2-10-4-3-5-11(8-10)18-9-13-12(15)6-7-14(16)17-13/h6-7,10-11H,2-5,8-9H2,1H3. The molecule has 1 aliphatic carbocycles. The normalized spacial score (nSPS) is 24.2. The Labute approximate surface area is 119 Å². The highest BCUT2D eigenvalue weighted by molar-refractivity contribution is 6.32. The predicted octanol–water partition coefficient (Wildman–Crippen LogP) is 4.87. The van der Waals surface area contributed by atoms with Crippen LogP contribution in [-0.4, -0.2) is 11.1 Å². The summed E-state index contributed by atoms with van der Waals surface area (Å²) in [5.41, 5.74) is 0.739. The van der Waals surface area contributed by atoms with E-state index in [4.69, 9.17) is 27.9 Å². The maximum absolute atomic E-state index is 6.07. The number of rotatable bonds is 4. The Bertz CT molecular complexity index is 397. The minimum absolute atomic E-state index is 0.348. The average Bonchev–Trinajstić information content (AvgIpc) is 2.40. The van der Waals surface area contributed by atoms with Gasteiger partial charge in [-0.1, -0.05) is 49.4 Å². The van der Waals surface area contributed by atoms with Gasteiger partial charge in [-0.15, -0.1) is 0 Å². The summed E-state index contributed by atoms with van der Waals surface area (Å²) in [6.07, 6.45) is 6.51. The lowest BCUT2D eigenvalue weighted by Gasteiger charge is -2.28. The van der Waals surface area contributed by atoms with Crippen molar-refractivity contribution >= 4 is 23.2 Å². The molecule has 2 atom stereocenters. The van der Waals surface area contributed by atoms with Crippen LogP contribution in [0.3, 0.4) is 0 Å². The summed E-state index contributed by atoms with van der Waals surface area (Å²) in [5, 5.41) is 1.09. The minimum atomic E-state index is 0.348. The quantitative estimate of drug-likeness (QED) is 0.737. The molecule has 1 aromatic heterocycles. The highest BCUT2D eigenvalue weighted by Crippen LogP contribution is 2.29. The molecule has 18 heavy (non-hydrogen) atoms. The highest BCUT2D eigenvalue weighted by Gasteiger charge is 2.21. The van der Waals surface area contributed by atoms with Crippen LogP contribution in [0.4, 0.5) is 0 Å². The van der Waals surface area contributed by atoms with Crippen LogP contribution in [0.2, 0.25) is 10.2 Å². The van der Waals surface area contributed by atoms with Gasteiger partial charge in [0.25, 0.3) is 0 Å². The summed E-state index contributed by atoms with van der Waals surface area (Å²) in [4.78, 5) is 4.20. The van der Waals surface area contributed by atoms with Gasteiger partial charge >= 0.3 is 0 Å². The van der Waals surface area contributed by atoms with Gasteiger partial charge in [-0.3, -0.25) is 0 Å². The number of pyridine rings is 1. The van der Waals surface area contributed by atoms with Gasteiger partial charge in [-0.2, -0.15) is 0 Å². The number of aromatic nitrogens is 1. The molecular weight excluding hydrogens is 269 g/mol. The molecule has 100 valence electrons. The predicted molar refractivity (Wildman–Crippen MR) is 75.1 cm³/mol. The third kappa shape index (κ3) is 3.84. The Morgan fingerprint density at radius 2 is 2.17 bits per heavy atom. The molecule has 0 saturated heterocycles. The third-order valence-corrected chi connectivity index (χ3v) is 4.21. The average molecular weight is 288 g/mol. The molecule has 0 amide bonds. The topological polar surface area (TPSA) is 22.1 Å². The van der Waals surface area contributed by atoms with Crippen molar-refractivity contribution in [3.8, 4) is 0 Å². The van der Waals surface area contributed by atoms with Gasteiger partial charge in [0.2, 0.25) is 0 Å². The first-order valence-corrected chi connectivity index (χ1v) is 7.37. The lowest BCUT2D eigenvalue weighted by atomic mass is 9.85. The van der Waals surface area contributed by atoms with Crippen LogP contribution in [0.1, 0.15) is 44.7 Å². The van der Waals surface area contributed by atoms with Crippen LogP contribution >= 0.6 is 23.2 Å². The largest absolute Gasteiger partial charge is 0.372 e. The number of ether oxygens (including phenoxy) is 1. The maximum Gasteiger partial charge on any atom is 0.129 e. The fraction of sp³-hybridized carbons (Fsp3) is 0.643. The number of hydrogen-bond donors (Lipinski definition) is 0. The molecule has 4 heteroatoms. The van der Waals surface area contributed by atoms with Gasteiger partial charge in [0.05, 0.1) is 23.4 Å². The monoisotopic (exact) mass is 287 g/mol. The Balaban J connectivity index is 1.89. The fourth-order valence-corrected chi connectivity index (χ4v) is 2.84. The summed E-state index contributed by atoms with van der Waals surface area (Å²) < 4.78 is 5.93. The second-order valence-electron chi connectivity index (χ2n) is 4.94. The minimum Gasteiger partial charge on any atom is -0.372 e. The number of hydrogen-bond acceptors (Lipinski definition) is 2. The molecule has 1 saturated carbocycles. The van der Waals surface area contributed by atoms with Crippen molar-refractivity contribution < 1.29 is 4.74 Å². The van der Waals surface area contributed by atoms with E-state index in [1.54, 1.807) is 12.1 Å². The first-order valence-electron chi connectivity index (χ1n) is 6.61. The molecule has 1 heterocycles. The van der Waals surface area contributed by atoms with Gasteiger partial charge in [-0.25, -0.2) is 4.98 Å². The zero-order valence-electron chi connectivity index (χ0n) is 10.7. The summed E-state index contributed by atoms with van der Waals surface area (Å²) in [6, 6.07) is 3.46. The first kappa shape index (κ1) is 14.1. The van der Waals surface area contributed by atoms with Crippen molar-refractivity contribution in [2.24, 2.45) is 5.92 Å². The van der Waals surface area contributed by atoms with Crippen molar-refractivity contribution in [3.05, 3.63) is 28.0 Å². The van der Waals surface area contributed by atoms with E-state index < -0.39 is 0 Å². The van der Waals surface area contributed by atoms with E-state index in [9.17, 15) is 0 Å². The molecule has 1 aromatic rings. The molecule has 0 aliphatic heterocycles. The van der Waals surface area contributed by atoms with Crippen LogP contribution in [0.15, 0.2) is 12.1 Å². The van der Waals surface area contributed by atoms with Gasteiger partial charge in [0.15, 0.2) is 0 Å². The molecule has 1 aliphatic rings. The fourth-order valence-electron chi connectivity index (χ4n) is 2.52. The van der Waals surface area contributed by atoms with E-state index in [1.165, 1.54) is 19.3 Å². The van der Waals surface area contributed by atoms with Crippen LogP contribution in [0.25, 0.3) is 0 Å². The summed E-state index contributed by atoms with van der Waals surface area (Å²) in [6.45, 7) is 2.71. The van der Waals surface area contributed by atoms with E-state index in [0.717, 1.165) is 24.5 Å². The Kier molecular flexibility index (Phi) is 5.28. The van der Waals surface area contributed by atoms with Crippen LogP contribution in [0.5, 0.6) is 0 Å². The molecule has 2 nitrogen and oxygen atoms in total. The van der Waals surface area contributed by atoms with E-state index in [0.29, 0.717) is 22.9 Å². The lowest BCUT2D eigenvalue weighted by Crippen LogP contribution is -2.22. The van der Waals surface area contributed by atoms with Gasteiger partial charge in [-0.05, 0) is 30.9 Å². The molecule has 0 spiro atoms. The second kappa shape index (κ2) is 6.74. The summed E-state index contributed by atoms with van der Waals surface area (Å²) in [5.74, 6) is 0.812. The Morgan fingerprint density at radius 1 is 1.33 bits per heavy atom. The van der Waals surface area contributed by atoms with E-state index >= 15 is 0 Å². The van der Waals surface area contributed by atoms with Crippen LogP contribution in [0, 0.1) is 5.92 Å². The summed E-state index contributed by atoms with van der Waals surface area (Å²) >= 11 is 11.9. The lowest BCUT2D eigenvalue weighted by molar-refractivity contribution is 0.000394. The molecule has 0 bridgehead atoms. The van der Waals surface area contributed by atoms with Crippen molar-refractivity contribution in [3.63, 3.8) is 0 Å². The van der Waals surface area contributed by atoms with Crippen molar-refractivity contribution in [1.29, 1.82) is 0 Å². The zero-order chi connectivity index (χ0) is 13.0. The SMILES string of the molecule is CCC1CCCC(OCc2nc(Cl)ccc2Cl)C1. The molecule has 2 unspecified atom stereocenters. The molecule has 0 radical (unpaired) electrons. The molecule has 0 aromatic carbocycles. The second-order valence-corrected chi connectivity index (χ2v) is 5.73. The molecule has 2 rings (SSSR count). The van der Waals surface area contributed by atoms with E-state index in [1.807, 2.05) is 0 Å². The smallest absolute Gasteiger partial charge is 0.129 e. The summed E-state index contributed by atoms with van der Waals surface area (Å²) in [7, 11) is 0. The molecule has 0 N–H and O–H groups in total. The van der Waals surface area contributed by atoms with Gasteiger partial charge in [0, 0.05) is 0 Å². The van der Waals surface area contributed by atoms with Gasteiger partial charge in [0.1, 0.15) is 5.15 Å². The third-order valence-electron chi connectivity index (χ3n) is 3.65. The zero-order valence-corrected chi connectivity index (χ0v) is 12.2. The van der Waals surface area contributed by atoms with Crippen molar-refractivity contribution in [1.82, 2.24) is 4.98 Å². The molecule has 1 fully saturated rings. The number of nitrogens with zero attached hydrogens (tertiary/aromatic N) is 1. The van der Waals surface area contributed by atoms with Crippen molar-refractivity contribution in [2.45, 2.75) is 51.7 Å². The van der Waals surface area contributed by atoms with E-state index in [-0.39, 0.29) is 0 Å². The highest BCUT2D eigenvalue weighted by atomic mass is 35.5. The van der Waals surface area contributed by atoms with Crippen LogP contribution < -0.4 is 0 Å². The Morgan fingerprint density at radius 3 is 2.94 bits per heavy atom. The van der Waals surface area contributed by atoms with E-state index in [2.05, 4.69) is 11.9 Å². The maximum atomic E-state index is 6.07. The van der Waals surface area contributed by atoms with Gasteiger partial charge < -0.3 is 4.74 Å².